The van der Waals surface area contributed by atoms with Crippen LogP contribution >= 0.6 is 0 Å². The smallest absolute Gasteiger partial charge is 0.338 e. The van der Waals surface area contributed by atoms with E-state index in [1.54, 1.807) is 0 Å². The topological polar surface area (TPSA) is 67.5 Å². The Hall–Kier alpha value is -1.10. The molecule has 0 amide bonds. The van der Waals surface area contributed by atoms with Crippen LogP contribution in [-0.2, 0) is 16.6 Å². The van der Waals surface area contributed by atoms with E-state index < -0.39 is 16.8 Å². The molecule has 1 heterocycles. The van der Waals surface area contributed by atoms with Crippen LogP contribution in [0.1, 0.15) is 30.0 Å². The maximum atomic E-state index is 11.5. The monoisotopic (exact) mass is 230 g/mol. The minimum absolute atomic E-state index is 0.103. The lowest BCUT2D eigenvalue weighted by Gasteiger charge is -2.02. The SMILES string of the molecule is CC(C)CS(=O)Cc1cc(C(=O)O)co1. The van der Waals surface area contributed by atoms with Gasteiger partial charge in [0.2, 0.25) is 0 Å². The number of carbonyl (C=O) groups is 1. The fraction of sp³-hybridized carbons (Fsp3) is 0.500. The lowest BCUT2D eigenvalue weighted by molar-refractivity contribution is 0.0696. The van der Waals surface area contributed by atoms with Crippen molar-refractivity contribution in [2.24, 2.45) is 5.92 Å². The highest BCUT2D eigenvalue weighted by Crippen LogP contribution is 2.11. The molecule has 1 N–H and O–H groups in total. The number of carboxylic acids is 1. The molecule has 0 spiro atoms. The fourth-order valence-corrected chi connectivity index (χ4v) is 2.49. The highest BCUT2D eigenvalue weighted by atomic mass is 32.2. The average molecular weight is 230 g/mol. The van der Waals surface area contributed by atoms with Crippen LogP contribution in [0.4, 0.5) is 0 Å². The molecule has 0 aromatic carbocycles. The lowest BCUT2D eigenvalue weighted by Crippen LogP contribution is -2.06. The molecule has 84 valence electrons. The molecule has 0 fully saturated rings. The molecule has 0 radical (unpaired) electrons. The van der Waals surface area contributed by atoms with E-state index in [9.17, 15) is 9.00 Å². The van der Waals surface area contributed by atoms with Crippen molar-refractivity contribution in [2.45, 2.75) is 19.6 Å². The van der Waals surface area contributed by atoms with Crippen LogP contribution in [0.5, 0.6) is 0 Å². The van der Waals surface area contributed by atoms with Gasteiger partial charge in [-0.15, -0.1) is 0 Å². The first-order valence-electron chi connectivity index (χ1n) is 4.64. The van der Waals surface area contributed by atoms with Crippen molar-refractivity contribution in [3.05, 3.63) is 23.7 Å². The molecule has 0 aliphatic heterocycles. The summed E-state index contributed by atoms with van der Waals surface area (Å²) in [5.41, 5.74) is 0.103. The van der Waals surface area contributed by atoms with E-state index in [1.807, 2.05) is 13.8 Å². The van der Waals surface area contributed by atoms with Gasteiger partial charge in [0.25, 0.3) is 0 Å². The molecule has 0 aliphatic carbocycles. The van der Waals surface area contributed by atoms with Crippen molar-refractivity contribution >= 4 is 16.8 Å². The largest absolute Gasteiger partial charge is 0.478 e. The molecule has 1 rings (SSSR count). The Kier molecular flexibility index (Phi) is 4.08. The van der Waals surface area contributed by atoms with Crippen molar-refractivity contribution in [3.63, 3.8) is 0 Å². The number of hydrogen-bond donors (Lipinski definition) is 1. The summed E-state index contributed by atoms with van der Waals surface area (Å²) < 4.78 is 16.5. The van der Waals surface area contributed by atoms with E-state index in [4.69, 9.17) is 9.52 Å². The van der Waals surface area contributed by atoms with Gasteiger partial charge in [0.05, 0.1) is 11.3 Å². The molecule has 1 aromatic rings. The van der Waals surface area contributed by atoms with Gasteiger partial charge in [-0.3, -0.25) is 4.21 Å². The molecule has 5 heteroatoms. The number of rotatable bonds is 5. The zero-order valence-corrected chi connectivity index (χ0v) is 9.54. The molecule has 15 heavy (non-hydrogen) atoms. The zero-order chi connectivity index (χ0) is 11.4. The lowest BCUT2D eigenvalue weighted by atomic mass is 10.3. The van der Waals surface area contributed by atoms with E-state index >= 15 is 0 Å². The minimum Gasteiger partial charge on any atom is -0.478 e. The summed E-state index contributed by atoms with van der Waals surface area (Å²) in [4.78, 5) is 10.5. The molecule has 0 saturated heterocycles. The Balaban J connectivity index is 2.57. The Labute approximate surface area is 90.7 Å². The highest BCUT2D eigenvalue weighted by Gasteiger charge is 2.11. The quantitative estimate of drug-likeness (QED) is 0.838. The Morgan fingerprint density at radius 1 is 1.60 bits per heavy atom. The third-order valence-electron chi connectivity index (χ3n) is 1.72. The van der Waals surface area contributed by atoms with E-state index in [1.165, 1.54) is 12.3 Å². The maximum absolute atomic E-state index is 11.5. The zero-order valence-electron chi connectivity index (χ0n) is 8.73. The summed E-state index contributed by atoms with van der Waals surface area (Å²) in [6.45, 7) is 3.98. The molecule has 0 aliphatic rings. The van der Waals surface area contributed by atoms with Gasteiger partial charge in [0.15, 0.2) is 0 Å². The van der Waals surface area contributed by atoms with Crippen LogP contribution in [0, 0.1) is 5.92 Å². The molecule has 1 atom stereocenters. The highest BCUT2D eigenvalue weighted by molar-refractivity contribution is 7.84. The molecule has 0 bridgehead atoms. The third-order valence-corrected chi connectivity index (χ3v) is 3.37. The predicted molar refractivity (Wildman–Crippen MR) is 57.2 cm³/mol. The number of aromatic carboxylic acids is 1. The van der Waals surface area contributed by atoms with Crippen LogP contribution in [0.15, 0.2) is 16.7 Å². The second-order valence-electron chi connectivity index (χ2n) is 3.75. The predicted octanol–water partition coefficient (Wildman–Crippen LogP) is 1.88. The number of carboxylic acid groups (broad SMARTS) is 1. The standard InChI is InChI=1S/C10H14O4S/c1-7(2)5-15(13)6-9-3-8(4-14-9)10(11)12/h3-4,7H,5-6H2,1-2H3,(H,11,12). The van der Waals surface area contributed by atoms with Crippen molar-refractivity contribution in [2.75, 3.05) is 5.75 Å². The van der Waals surface area contributed by atoms with Crippen molar-refractivity contribution in [3.8, 4) is 0 Å². The molecular formula is C10H14O4S. The van der Waals surface area contributed by atoms with Gasteiger partial charge in [-0.05, 0) is 12.0 Å². The van der Waals surface area contributed by atoms with Gasteiger partial charge in [0, 0.05) is 16.6 Å². The second-order valence-corrected chi connectivity index (χ2v) is 5.25. The third kappa shape index (κ3) is 3.87. The summed E-state index contributed by atoms with van der Waals surface area (Å²) in [7, 11) is -0.988. The van der Waals surface area contributed by atoms with E-state index in [-0.39, 0.29) is 11.3 Å². The van der Waals surface area contributed by atoms with Crippen LogP contribution in [0.25, 0.3) is 0 Å². The summed E-state index contributed by atoms with van der Waals surface area (Å²) in [5, 5.41) is 8.64. The maximum Gasteiger partial charge on any atom is 0.338 e. The van der Waals surface area contributed by atoms with Gasteiger partial charge in [-0.25, -0.2) is 4.79 Å². The van der Waals surface area contributed by atoms with E-state index in [0.717, 1.165) is 0 Å². The van der Waals surface area contributed by atoms with Crippen LogP contribution in [0.2, 0.25) is 0 Å². The van der Waals surface area contributed by atoms with Crippen molar-refractivity contribution in [1.29, 1.82) is 0 Å². The van der Waals surface area contributed by atoms with Gasteiger partial charge >= 0.3 is 5.97 Å². The molecule has 1 aromatic heterocycles. The number of hydrogen-bond acceptors (Lipinski definition) is 3. The molecular weight excluding hydrogens is 216 g/mol. The van der Waals surface area contributed by atoms with Gasteiger partial charge < -0.3 is 9.52 Å². The Bertz CT molecular complexity index is 367. The molecule has 4 nitrogen and oxygen atoms in total. The first kappa shape index (κ1) is 12.0. The first-order valence-corrected chi connectivity index (χ1v) is 6.13. The normalized spacial score (nSPS) is 13.0. The number of furan rings is 1. The fourth-order valence-electron chi connectivity index (χ4n) is 1.16. The Morgan fingerprint density at radius 2 is 2.27 bits per heavy atom. The molecule has 0 saturated carbocycles. The summed E-state index contributed by atoms with van der Waals surface area (Å²) in [5.74, 6) is 0.681. The minimum atomic E-state index is -1.03. The van der Waals surface area contributed by atoms with Gasteiger partial charge in [0.1, 0.15) is 12.0 Å². The molecule has 1 unspecified atom stereocenters. The summed E-state index contributed by atoms with van der Waals surface area (Å²) in [6, 6.07) is 1.42. The van der Waals surface area contributed by atoms with Crippen LogP contribution < -0.4 is 0 Å². The first-order chi connectivity index (χ1) is 6.99. The van der Waals surface area contributed by atoms with Crippen LogP contribution in [0.3, 0.4) is 0 Å². The van der Waals surface area contributed by atoms with E-state index in [2.05, 4.69) is 0 Å². The summed E-state index contributed by atoms with van der Waals surface area (Å²) >= 11 is 0. The van der Waals surface area contributed by atoms with Crippen LogP contribution in [-0.4, -0.2) is 21.0 Å². The average Bonchev–Trinajstić information content (AvgIpc) is 2.50. The van der Waals surface area contributed by atoms with Crippen molar-refractivity contribution in [1.82, 2.24) is 0 Å². The van der Waals surface area contributed by atoms with E-state index in [0.29, 0.717) is 17.4 Å². The van der Waals surface area contributed by atoms with Gasteiger partial charge in [-0.1, -0.05) is 13.8 Å². The van der Waals surface area contributed by atoms with Crippen molar-refractivity contribution < 1.29 is 18.5 Å². The Morgan fingerprint density at radius 3 is 2.73 bits per heavy atom. The second kappa shape index (κ2) is 5.11. The summed E-state index contributed by atoms with van der Waals surface area (Å²) in [6.07, 6.45) is 1.17. The van der Waals surface area contributed by atoms with Gasteiger partial charge in [-0.2, -0.15) is 0 Å².